The van der Waals surface area contributed by atoms with Crippen LogP contribution in [0, 0.1) is 10.1 Å². The van der Waals surface area contributed by atoms with Crippen LogP contribution >= 0.6 is 23.1 Å². The maximum Gasteiger partial charge on any atom is 0.279 e. The third-order valence-electron chi connectivity index (χ3n) is 4.44. The first-order valence-electron chi connectivity index (χ1n) is 9.62. The lowest BCUT2D eigenvalue weighted by atomic mass is 10.2. The zero-order valence-electron chi connectivity index (χ0n) is 16.9. The van der Waals surface area contributed by atoms with Gasteiger partial charge in [-0.3, -0.25) is 14.9 Å². The van der Waals surface area contributed by atoms with Gasteiger partial charge in [-0.25, -0.2) is 0 Å². The second kappa shape index (κ2) is 10.4. The average molecular weight is 446 g/mol. The number of hydrogen-bond acceptors (Lipinski definition) is 6. The van der Waals surface area contributed by atoms with Crippen molar-refractivity contribution in [2.75, 3.05) is 18.6 Å². The van der Waals surface area contributed by atoms with Crippen LogP contribution in [0.1, 0.15) is 30.1 Å². The Morgan fingerprint density at radius 1 is 1.30 bits per heavy atom. The van der Waals surface area contributed by atoms with Crippen LogP contribution in [0.4, 0.5) is 5.69 Å². The third kappa shape index (κ3) is 5.28. The van der Waals surface area contributed by atoms with Gasteiger partial charge in [-0.15, -0.1) is 0 Å². The van der Waals surface area contributed by atoms with Crippen LogP contribution in [-0.2, 0) is 6.54 Å². The van der Waals surface area contributed by atoms with E-state index in [0.717, 1.165) is 28.8 Å². The van der Waals surface area contributed by atoms with Crippen LogP contribution in [0.2, 0.25) is 0 Å². The summed E-state index contributed by atoms with van der Waals surface area (Å²) in [5.74, 6) is 1.12. The summed E-state index contributed by atoms with van der Waals surface area (Å²) in [7, 11) is 0. The van der Waals surface area contributed by atoms with Gasteiger partial charge in [0.15, 0.2) is 4.80 Å². The van der Waals surface area contributed by atoms with Gasteiger partial charge in [0.25, 0.3) is 11.6 Å². The molecule has 158 valence electrons. The van der Waals surface area contributed by atoms with E-state index >= 15 is 0 Å². The van der Waals surface area contributed by atoms with Gasteiger partial charge in [0, 0.05) is 30.0 Å². The molecule has 3 rings (SSSR count). The molecule has 1 amide bonds. The van der Waals surface area contributed by atoms with E-state index in [-0.39, 0.29) is 11.6 Å². The number of thioether (sulfide) groups is 1. The molecule has 0 saturated carbocycles. The van der Waals surface area contributed by atoms with E-state index in [0.29, 0.717) is 29.3 Å². The van der Waals surface area contributed by atoms with Gasteiger partial charge in [-0.05, 0) is 36.9 Å². The van der Waals surface area contributed by atoms with Crippen molar-refractivity contribution in [3.05, 3.63) is 62.9 Å². The molecule has 30 heavy (non-hydrogen) atoms. The minimum absolute atomic E-state index is 0.0237. The number of nitro benzene ring substituents is 1. The maximum absolute atomic E-state index is 12.8. The van der Waals surface area contributed by atoms with Crippen molar-refractivity contribution in [2.24, 2.45) is 4.99 Å². The molecule has 0 spiro atoms. The molecule has 0 saturated heterocycles. The molecule has 9 heteroatoms. The number of fused-ring (bicyclic) bond motifs is 1. The highest BCUT2D eigenvalue weighted by molar-refractivity contribution is 7.98. The molecule has 0 unspecified atom stereocenters. The number of aryl methyl sites for hydroxylation is 1. The number of thiazole rings is 1. The van der Waals surface area contributed by atoms with Gasteiger partial charge < -0.3 is 9.30 Å². The van der Waals surface area contributed by atoms with Gasteiger partial charge in [0.05, 0.1) is 21.7 Å². The quantitative estimate of drug-likeness (QED) is 0.266. The monoisotopic (exact) mass is 445 g/mol. The molecule has 7 nitrogen and oxygen atoms in total. The van der Waals surface area contributed by atoms with Crippen molar-refractivity contribution in [2.45, 2.75) is 26.3 Å². The zero-order valence-corrected chi connectivity index (χ0v) is 18.5. The number of aromatic nitrogens is 1. The van der Waals surface area contributed by atoms with Crippen molar-refractivity contribution < 1.29 is 14.5 Å². The number of nitro groups is 1. The lowest BCUT2D eigenvalue weighted by Gasteiger charge is -2.06. The van der Waals surface area contributed by atoms with E-state index in [4.69, 9.17) is 4.74 Å². The fraction of sp³-hybridized carbons (Fsp3) is 0.333. The van der Waals surface area contributed by atoms with Crippen molar-refractivity contribution in [3.8, 4) is 5.75 Å². The van der Waals surface area contributed by atoms with E-state index in [2.05, 4.69) is 11.9 Å². The standard InChI is InChI=1S/C21H23N3O4S2/c1-3-4-11-28-17-7-5-6-15(13-17)20(25)22-21-23(10-12-29-2)18-9-8-16(24(26)27)14-19(18)30-21/h5-9,13-14H,3-4,10-12H2,1-2H3. The first-order chi connectivity index (χ1) is 14.5. The summed E-state index contributed by atoms with van der Waals surface area (Å²) in [6.45, 7) is 3.36. The molecular formula is C21H23N3O4S2. The van der Waals surface area contributed by atoms with E-state index in [1.807, 2.05) is 16.9 Å². The van der Waals surface area contributed by atoms with Crippen LogP contribution in [0.15, 0.2) is 47.5 Å². The van der Waals surface area contributed by atoms with Crippen molar-refractivity contribution >= 4 is 44.9 Å². The number of rotatable bonds is 9. The van der Waals surface area contributed by atoms with Crippen LogP contribution in [0.3, 0.4) is 0 Å². The SMILES string of the molecule is CCCCOc1cccc(C(=O)N=c2sc3cc([N+](=O)[O-])ccc3n2CCSC)c1. The summed E-state index contributed by atoms with van der Waals surface area (Å²) in [4.78, 5) is 28.4. The molecule has 1 aromatic heterocycles. The number of non-ortho nitro benzene ring substituents is 1. The number of ether oxygens (including phenoxy) is 1. The van der Waals surface area contributed by atoms with Crippen LogP contribution in [0.5, 0.6) is 5.75 Å². The highest BCUT2D eigenvalue weighted by atomic mass is 32.2. The van der Waals surface area contributed by atoms with Gasteiger partial charge in [-0.2, -0.15) is 16.8 Å². The Hall–Kier alpha value is -2.65. The average Bonchev–Trinajstić information content (AvgIpc) is 3.08. The molecule has 1 heterocycles. The Labute approximate surface area is 182 Å². The molecule has 0 N–H and O–H groups in total. The van der Waals surface area contributed by atoms with Crippen molar-refractivity contribution in [3.63, 3.8) is 0 Å². The first kappa shape index (κ1) is 22.0. The Morgan fingerprint density at radius 3 is 2.87 bits per heavy atom. The van der Waals surface area contributed by atoms with Crippen molar-refractivity contribution in [1.82, 2.24) is 4.57 Å². The van der Waals surface area contributed by atoms with Gasteiger partial charge in [0.2, 0.25) is 0 Å². The summed E-state index contributed by atoms with van der Waals surface area (Å²) in [6, 6.07) is 11.7. The highest BCUT2D eigenvalue weighted by Gasteiger charge is 2.13. The molecule has 2 aromatic carbocycles. The zero-order chi connectivity index (χ0) is 21.5. The fourth-order valence-corrected chi connectivity index (χ4v) is 4.32. The minimum atomic E-state index is -0.419. The molecule has 3 aromatic rings. The Bertz CT molecular complexity index is 1120. The van der Waals surface area contributed by atoms with Crippen LogP contribution < -0.4 is 9.54 Å². The second-order valence-electron chi connectivity index (χ2n) is 6.59. The summed E-state index contributed by atoms with van der Waals surface area (Å²) in [5, 5.41) is 11.1. The summed E-state index contributed by atoms with van der Waals surface area (Å²) < 4.78 is 8.36. The summed E-state index contributed by atoms with van der Waals surface area (Å²) >= 11 is 2.96. The molecule has 0 bridgehead atoms. The normalized spacial score (nSPS) is 11.7. The molecule has 0 aliphatic heterocycles. The Morgan fingerprint density at radius 2 is 2.13 bits per heavy atom. The molecule has 0 aliphatic rings. The number of carbonyl (C=O) groups is 1. The topological polar surface area (TPSA) is 86.7 Å². The first-order valence-corrected chi connectivity index (χ1v) is 11.8. The molecule has 0 atom stereocenters. The van der Waals surface area contributed by atoms with Gasteiger partial charge in [0.1, 0.15) is 5.75 Å². The largest absolute Gasteiger partial charge is 0.494 e. The number of amides is 1. The minimum Gasteiger partial charge on any atom is -0.494 e. The van der Waals surface area contributed by atoms with Gasteiger partial charge in [-0.1, -0.05) is 30.7 Å². The molecule has 0 radical (unpaired) electrons. The Balaban J connectivity index is 1.98. The summed E-state index contributed by atoms with van der Waals surface area (Å²) in [5.41, 5.74) is 1.31. The molecule has 0 fully saturated rings. The molecular weight excluding hydrogens is 422 g/mol. The fourth-order valence-electron chi connectivity index (χ4n) is 2.86. The van der Waals surface area contributed by atoms with E-state index in [1.54, 1.807) is 36.0 Å². The lowest BCUT2D eigenvalue weighted by Crippen LogP contribution is -2.18. The smallest absolute Gasteiger partial charge is 0.279 e. The molecule has 0 aliphatic carbocycles. The van der Waals surface area contributed by atoms with Crippen LogP contribution in [-0.4, -0.2) is 34.0 Å². The second-order valence-corrected chi connectivity index (χ2v) is 8.58. The van der Waals surface area contributed by atoms with E-state index in [1.165, 1.54) is 23.5 Å². The number of nitrogens with zero attached hydrogens (tertiary/aromatic N) is 3. The Kier molecular flexibility index (Phi) is 7.64. The number of hydrogen-bond donors (Lipinski definition) is 0. The highest BCUT2D eigenvalue weighted by Crippen LogP contribution is 2.24. The van der Waals surface area contributed by atoms with Crippen LogP contribution in [0.25, 0.3) is 10.2 Å². The third-order valence-corrected chi connectivity index (χ3v) is 6.07. The lowest BCUT2D eigenvalue weighted by molar-refractivity contribution is -0.384. The number of benzene rings is 2. The predicted octanol–water partition coefficient (Wildman–Crippen LogP) is 4.89. The predicted molar refractivity (Wildman–Crippen MR) is 122 cm³/mol. The maximum atomic E-state index is 12.8. The summed E-state index contributed by atoms with van der Waals surface area (Å²) in [6.07, 6.45) is 3.99. The number of unbranched alkanes of at least 4 members (excludes halogenated alkanes) is 1. The van der Waals surface area contributed by atoms with E-state index < -0.39 is 4.92 Å². The van der Waals surface area contributed by atoms with Gasteiger partial charge >= 0.3 is 0 Å². The van der Waals surface area contributed by atoms with E-state index in [9.17, 15) is 14.9 Å². The number of carbonyl (C=O) groups excluding carboxylic acids is 1. The van der Waals surface area contributed by atoms with Crippen molar-refractivity contribution in [1.29, 1.82) is 0 Å².